The number of anilines is 2. The van der Waals surface area contributed by atoms with Crippen molar-refractivity contribution in [2.24, 2.45) is 0 Å². The van der Waals surface area contributed by atoms with Crippen molar-refractivity contribution in [3.63, 3.8) is 0 Å². The molecule has 1 fully saturated rings. The Kier molecular flexibility index (Phi) is 6.89. The molecule has 1 aliphatic rings. The van der Waals surface area contributed by atoms with Gasteiger partial charge >= 0.3 is 0 Å². The molecule has 2 aromatic carbocycles. The number of nitrogens with one attached hydrogen (secondary N) is 1. The van der Waals surface area contributed by atoms with E-state index in [0.717, 1.165) is 19.3 Å². The summed E-state index contributed by atoms with van der Waals surface area (Å²) < 4.78 is 40.5. The van der Waals surface area contributed by atoms with Gasteiger partial charge in [-0.05, 0) is 54.8 Å². The molecule has 6 nitrogen and oxygen atoms in total. The first-order valence-corrected chi connectivity index (χ1v) is 11.3. The van der Waals surface area contributed by atoms with Crippen molar-refractivity contribution in [1.82, 2.24) is 4.31 Å². The Morgan fingerprint density at radius 1 is 1.07 bits per heavy atom. The standard InChI is InChI=1S/C22H26FN3O3S/c1-25(2)21-12-11-19(30(28,29)26-14-4-3-5-15-26)16-20(21)24-22(27)13-8-17-6-9-18(23)10-7-17/h6-13,16H,3-5,14-15H2,1-2H3,(H,24,27)/b13-8+. The van der Waals surface area contributed by atoms with Gasteiger partial charge in [-0.2, -0.15) is 4.31 Å². The fourth-order valence-corrected chi connectivity index (χ4v) is 4.88. The third-order valence-corrected chi connectivity index (χ3v) is 6.85. The van der Waals surface area contributed by atoms with E-state index < -0.39 is 15.9 Å². The Hall–Kier alpha value is -2.71. The molecule has 1 saturated heterocycles. The lowest BCUT2D eigenvalue weighted by atomic mass is 10.2. The molecule has 0 aliphatic carbocycles. The van der Waals surface area contributed by atoms with Crippen LogP contribution in [0.2, 0.25) is 0 Å². The van der Waals surface area contributed by atoms with Crippen LogP contribution >= 0.6 is 0 Å². The summed E-state index contributed by atoms with van der Waals surface area (Å²) in [4.78, 5) is 14.4. The predicted molar refractivity (Wildman–Crippen MR) is 117 cm³/mol. The second-order valence-electron chi connectivity index (χ2n) is 7.41. The maximum absolute atomic E-state index is 13.0. The predicted octanol–water partition coefficient (Wildman–Crippen LogP) is 3.72. The number of halogens is 1. The fourth-order valence-electron chi connectivity index (χ4n) is 3.34. The summed E-state index contributed by atoms with van der Waals surface area (Å²) >= 11 is 0. The third kappa shape index (κ3) is 5.25. The quantitative estimate of drug-likeness (QED) is 0.708. The van der Waals surface area contributed by atoms with Gasteiger partial charge in [0.15, 0.2) is 0 Å². The maximum atomic E-state index is 13.0. The van der Waals surface area contributed by atoms with Crippen molar-refractivity contribution in [2.75, 3.05) is 37.4 Å². The minimum Gasteiger partial charge on any atom is -0.376 e. The van der Waals surface area contributed by atoms with Crippen LogP contribution in [0.15, 0.2) is 53.4 Å². The summed E-state index contributed by atoms with van der Waals surface area (Å²) in [5.41, 5.74) is 1.78. The molecule has 1 N–H and O–H groups in total. The number of hydrogen-bond acceptors (Lipinski definition) is 4. The summed E-state index contributed by atoms with van der Waals surface area (Å²) in [6.07, 6.45) is 5.64. The average molecular weight is 432 g/mol. The van der Waals surface area contributed by atoms with Gasteiger partial charge in [0.2, 0.25) is 15.9 Å². The zero-order valence-corrected chi connectivity index (χ0v) is 18.0. The van der Waals surface area contributed by atoms with E-state index in [1.807, 2.05) is 14.1 Å². The van der Waals surface area contributed by atoms with Crippen molar-refractivity contribution in [2.45, 2.75) is 24.2 Å². The first-order valence-electron chi connectivity index (χ1n) is 9.83. The minimum absolute atomic E-state index is 0.160. The van der Waals surface area contributed by atoms with Gasteiger partial charge in [-0.1, -0.05) is 18.6 Å². The first kappa shape index (κ1) is 22.0. The lowest BCUT2D eigenvalue weighted by molar-refractivity contribution is -0.111. The van der Waals surface area contributed by atoms with Crippen LogP contribution in [-0.2, 0) is 14.8 Å². The highest BCUT2D eigenvalue weighted by Crippen LogP contribution is 2.30. The Bertz CT molecular complexity index is 1030. The summed E-state index contributed by atoms with van der Waals surface area (Å²) in [7, 11) is 0.0231. The van der Waals surface area contributed by atoms with E-state index in [1.54, 1.807) is 35.2 Å². The molecule has 0 unspecified atom stereocenters. The van der Waals surface area contributed by atoms with E-state index in [2.05, 4.69) is 5.32 Å². The monoisotopic (exact) mass is 431 g/mol. The van der Waals surface area contributed by atoms with Crippen LogP contribution in [0, 0.1) is 5.82 Å². The molecular weight excluding hydrogens is 405 g/mol. The van der Waals surface area contributed by atoms with Crippen molar-refractivity contribution >= 4 is 33.4 Å². The van der Waals surface area contributed by atoms with E-state index in [0.29, 0.717) is 30.0 Å². The zero-order valence-electron chi connectivity index (χ0n) is 17.1. The van der Waals surface area contributed by atoms with Crippen LogP contribution < -0.4 is 10.2 Å². The van der Waals surface area contributed by atoms with Crippen LogP contribution in [0.1, 0.15) is 24.8 Å². The Balaban J connectivity index is 1.84. The van der Waals surface area contributed by atoms with Gasteiger partial charge in [0, 0.05) is 33.3 Å². The van der Waals surface area contributed by atoms with Gasteiger partial charge in [0.25, 0.3) is 0 Å². The molecule has 0 bridgehead atoms. The second-order valence-corrected chi connectivity index (χ2v) is 9.35. The largest absolute Gasteiger partial charge is 0.376 e. The van der Waals surface area contributed by atoms with Crippen LogP contribution in [0.4, 0.5) is 15.8 Å². The van der Waals surface area contributed by atoms with E-state index in [9.17, 15) is 17.6 Å². The molecule has 3 rings (SSSR count). The van der Waals surface area contributed by atoms with E-state index in [1.165, 1.54) is 28.6 Å². The van der Waals surface area contributed by atoms with Gasteiger partial charge in [0.05, 0.1) is 16.3 Å². The number of carbonyl (C=O) groups is 1. The summed E-state index contributed by atoms with van der Waals surface area (Å²) in [5, 5.41) is 2.76. The minimum atomic E-state index is -3.61. The van der Waals surface area contributed by atoms with E-state index >= 15 is 0 Å². The molecule has 0 saturated carbocycles. The van der Waals surface area contributed by atoms with Gasteiger partial charge in [0.1, 0.15) is 5.82 Å². The van der Waals surface area contributed by atoms with Crippen LogP contribution in [-0.4, -0.2) is 45.8 Å². The highest BCUT2D eigenvalue weighted by atomic mass is 32.2. The Morgan fingerprint density at radius 2 is 1.73 bits per heavy atom. The average Bonchev–Trinajstić information content (AvgIpc) is 2.73. The smallest absolute Gasteiger partial charge is 0.248 e. The topological polar surface area (TPSA) is 69.7 Å². The normalized spacial score (nSPS) is 15.3. The number of hydrogen-bond donors (Lipinski definition) is 1. The lowest BCUT2D eigenvalue weighted by Crippen LogP contribution is -2.35. The summed E-state index contributed by atoms with van der Waals surface area (Å²) in [5.74, 6) is -0.756. The van der Waals surface area contributed by atoms with E-state index in [4.69, 9.17) is 0 Å². The van der Waals surface area contributed by atoms with Crippen molar-refractivity contribution in [3.8, 4) is 0 Å². The number of nitrogens with zero attached hydrogens (tertiary/aromatic N) is 2. The number of carbonyl (C=O) groups excluding carboxylic acids is 1. The molecule has 1 heterocycles. The number of amides is 1. The Labute approximate surface area is 177 Å². The SMILES string of the molecule is CN(C)c1ccc(S(=O)(=O)N2CCCCC2)cc1NC(=O)/C=C/c1ccc(F)cc1. The van der Waals surface area contributed by atoms with Gasteiger partial charge in [-0.15, -0.1) is 0 Å². The number of piperidine rings is 1. The molecule has 1 aliphatic heterocycles. The molecule has 8 heteroatoms. The van der Waals surface area contributed by atoms with Crippen LogP contribution in [0.25, 0.3) is 6.08 Å². The maximum Gasteiger partial charge on any atom is 0.248 e. The molecular formula is C22H26FN3O3S. The molecule has 2 aromatic rings. The summed E-state index contributed by atoms with van der Waals surface area (Å²) in [6, 6.07) is 10.5. The molecule has 1 amide bonds. The number of rotatable bonds is 6. The number of benzene rings is 2. The van der Waals surface area contributed by atoms with Gasteiger partial charge < -0.3 is 10.2 Å². The van der Waals surface area contributed by atoms with Crippen molar-refractivity contribution < 1.29 is 17.6 Å². The zero-order chi connectivity index (χ0) is 21.7. The third-order valence-electron chi connectivity index (χ3n) is 4.96. The van der Waals surface area contributed by atoms with Gasteiger partial charge in [-0.25, -0.2) is 12.8 Å². The van der Waals surface area contributed by atoms with E-state index in [-0.39, 0.29) is 10.7 Å². The first-order chi connectivity index (χ1) is 14.3. The second kappa shape index (κ2) is 9.40. The van der Waals surface area contributed by atoms with Crippen LogP contribution in [0.5, 0.6) is 0 Å². The van der Waals surface area contributed by atoms with Crippen LogP contribution in [0.3, 0.4) is 0 Å². The summed E-state index contributed by atoms with van der Waals surface area (Å²) in [6.45, 7) is 1.03. The van der Waals surface area contributed by atoms with Gasteiger partial charge in [-0.3, -0.25) is 4.79 Å². The van der Waals surface area contributed by atoms with Crippen molar-refractivity contribution in [1.29, 1.82) is 0 Å². The highest BCUT2D eigenvalue weighted by molar-refractivity contribution is 7.89. The molecule has 0 atom stereocenters. The highest BCUT2D eigenvalue weighted by Gasteiger charge is 2.26. The molecule has 0 spiro atoms. The molecule has 0 radical (unpaired) electrons. The number of sulfonamides is 1. The lowest BCUT2D eigenvalue weighted by Gasteiger charge is -2.26. The van der Waals surface area contributed by atoms with Crippen molar-refractivity contribution in [3.05, 3.63) is 59.9 Å². The molecule has 30 heavy (non-hydrogen) atoms. The fraction of sp³-hybridized carbons (Fsp3) is 0.318. The molecule has 0 aromatic heterocycles. The Morgan fingerprint density at radius 3 is 2.37 bits per heavy atom. The molecule has 160 valence electrons.